The van der Waals surface area contributed by atoms with Gasteiger partial charge in [0.15, 0.2) is 0 Å². The van der Waals surface area contributed by atoms with Gasteiger partial charge in [-0.3, -0.25) is 4.79 Å². The molecule has 3 N–H and O–H groups in total. The van der Waals surface area contributed by atoms with E-state index in [2.05, 4.69) is 20.6 Å². The van der Waals surface area contributed by atoms with Gasteiger partial charge in [-0.15, -0.1) is 0 Å². The van der Waals surface area contributed by atoms with Gasteiger partial charge in [0.05, 0.1) is 16.9 Å². The summed E-state index contributed by atoms with van der Waals surface area (Å²) in [4.78, 5) is 32.8. The second-order valence-corrected chi connectivity index (χ2v) is 8.48. The molecule has 39 heavy (non-hydrogen) atoms. The topological polar surface area (TPSA) is 109 Å². The number of hydrogen-bond donors (Lipinski definition) is 3. The van der Waals surface area contributed by atoms with Crippen molar-refractivity contribution in [2.45, 2.75) is 6.18 Å². The minimum Gasteiger partial charge on any atom is -0.457 e. The van der Waals surface area contributed by atoms with Crippen molar-refractivity contribution in [2.24, 2.45) is 0 Å². The molecule has 0 aliphatic heterocycles. The summed E-state index contributed by atoms with van der Waals surface area (Å²) in [5.74, 6) is 0.309. The molecule has 0 fully saturated rings. The van der Waals surface area contributed by atoms with E-state index in [-0.39, 0.29) is 17.3 Å². The number of alkyl halides is 3. The number of hydrogen-bond acceptors (Lipinski definition) is 6. The molecule has 202 valence electrons. The van der Waals surface area contributed by atoms with Crippen LogP contribution < -0.4 is 25.0 Å². The zero-order valence-corrected chi connectivity index (χ0v) is 21.1. The zero-order chi connectivity index (χ0) is 28.2. The fraction of sp³-hybridized carbons (Fsp3) is 0.148. The van der Waals surface area contributed by atoms with Gasteiger partial charge >= 0.3 is 12.3 Å². The Morgan fingerprint density at radius 3 is 2.46 bits per heavy atom. The summed E-state index contributed by atoms with van der Waals surface area (Å²) in [6.45, 7) is 0. The van der Waals surface area contributed by atoms with Crippen molar-refractivity contribution in [1.82, 2.24) is 15.3 Å². The van der Waals surface area contributed by atoms with Crippen molar-refractivity contribution in [3.8, 4) is 28.5 Å². The lowest BCUT2D eigenvalue weighted by molar-refractivity contribution is -0.137. The Balaban J connectivity index is 1.51. The largest absolute Gasteiger partial charge is 0.457 e. The summed E-state index contributed by atoms with van der Waals surface area (Å²) < 4.78 is 50.6. The Labute approximate surface area is 221 Å². The Morgan fingerprint density at radius 1 is 0.974 bits per heavy atom. The highest BCUT2D eigenvalue weighted by atomic mass is 19.4. The molecule has 2 aromatic carbocycles. The van der Waals surface area contributed by atoms with Crippen molar-refractivity contribution >= 4 is 23.4 Å². The van der Waals surface area contributed by atoms with Gasteiger partial charge < -0.3 is 30.0 Å². The van der Waals surface area contributed by atoms with Crippen molar-refractivity contribution in [3.63, 3.8) is 0 Å². The number of carbonyl (C=O) groups is 2. The van der Waals surface area contributed by atoms with Gasteiger partial charge in [-0.05, 0) is 48.0 Å². The van der Waals surface area contributed by atoms with Crippen LogP contribution in [0.2, 0.25) is 0 Å². The molecule has 2 heterocycles. The SMILES string of the molecule is CNC(=O)Oc1cc(Oc2cccc(-c3c[nH]c(C(=O)Nc4cc(C(F)(F)F)ccc4N(C)C)c3)c2)ccn1. The summed E-state index contributed by atoms with van der Waals surface area (Å²) in [5.41, 5.74) is 1.11. The first kappa shape index (κ1) is 27.0. The summed E-state index contributed by atoms with van der Waals surface area (Å²) in [7, 11) is 4.76. The van der Waals surface area contributed by atoms with Crippen molar-refractivity contribution < 1.29 is 32.2 Å². The van der Waals surface area contributed by atoms with Crippen molar-refractivity contribution in [2.75, 3.05) is 31.4 Å². The van der Waals surface area contributed by atoms with Crippen LogP contribution in [-0.2, 0) is 6.18 Å². The number of aromatic nitrogens is 2. The Bertz CT molecular complexity index is 1500. The van der Waals surface area contributed by atoms with E-state index in [0.717, 1.165) is 12.1 Å². The number of carbonyl (C=O) groups excluding carboxylic acids is 2. The summed E-state index contributed by atoms with van der Waals surface area (Å²) in [6, 6.07) is 14.8. The molecule has 12 heteroatoms. The maximum absolute atomic E-state index is 13.2. The predicted molar refractivity (Wildman–Crippen MR) is 139 cm³/mol. The first-order chi connectivity index (χ1) is 18.5. The minimum atomic E-state index is -4.55. The highest BCUT2D eigenvalue weighted by Crippen LogP contribution is 2.35. The molecule has 0 saturated heterocycles. The fourth-order valence-electron chi connectivity index (χ4n) is 3.62. The molecule has 0 aliphatic carbocycles. The van der Waals surface area contributed by atoms with E-state index in [1.54, 1.807) is 61.6 Å². The van der Waals surface area contributed by atoms with E-state index in [1.165, 1.54) is 25.4 Å². The molecule has 0 aliphatic rings. The van der Waals surface area contributed by atoms with E-state index >= 15 is 0 Å². The number of anilines is 2. The van der Waals surface area contributed by atoms with Crippen molar-refractivity contribution in [3.05, 3.63) is 84.3 Å². The lowest BCUT2D eigenvalue weighted by Gasteiger charge is -2.19. The highest BCUT2D eigenvalue weighted by molar-refractivity contribution is 6.05. The van der Waals surface area contributed by atoms with Gasteiger partial charge in [-0.1, -0.05) is 12.1 Å². The second kappa shape index (κ2) is 11.2. The number of ether oxygens (including phenoxy) is 2. The number of aromatic amines is 1. The first-order valence-electron chi connectivity index (χ1n) is 11.6. The van der Waals surface area contributed by atoms with Crippen LogP contribution >= 0.6 is 0 Å². The van der Waals surface area contributed by atoms with Crippen LogP contribution in [0.1, 0.15) is 16.1 Å². The molecule has 4 aromatic rings. The Morgan fingerprint density at radius 2 is 1.74 bits per heavy atom. The van der Waals surface area contributed by atoms with E-state index in [9.17, 15) is 22.8 Å². The molecule has 2 aromatic heterocycles. The third-order valence-corrected chi connectivity index (χ3v) is 5.49. The molecule has 0 atom stereocenters. The standard InChI is InChI=1S/C27H24F3N5O4/c1-31-26(37)39-24-14-20(9-10-32-24)38-19-6-4-5-16(11-19)17-12-22(33-15-17)25(36)34-21-13-18(27(28,29)30)7-8-23(21)35(2)3/h4-15,33H,1-3H3,(H,31,37)(H,34,36). The zero-order valence-electron chi connectivity index (χ0n) is 21.1. The number of amides is 2. The highest BCUT2D eigenvalue weighted by Gasteiger charge is 2.31. The van der Waals surface area contributed by atoms with Gasteiger partial charge in [0.2, 0.25) is 5.88 Å². The molecule has 2 amide bonds. The van der Waals surface area contributed by atoms with Gasteiger partial charge in [0, 0.05) is 45.2 Å². The molecule has 0 spiro atoms. The molecule has 9 nitrogen and oxygen atoms in total. The Hall–Kier alpha value is -5.00. The van der Waals surface area contributed by atoms with Crippen LogP contribution in [0.15, 0.2) is 73.1 Å². The number of nitrogens with zero attached hydrogens (tertiary/aromatic N) is 2. The third kappa shape index (κ3) is 6.66. The predicted octanol–water partition coefficient (Wildman–Crippen LogP) is 5.92. The number of pyridine rings is 1. The lowest BCUT2D eigenvalue weighted by atomic mass is 10.1. The van der Waals surface area contributed by atoms with Crippen LogP contribution in [0.25, 0.3) is 11.1 Å². The van der Waals surface area contributed by atoms with Gasteiger partial charge in [-0.2, -0.15) is 13.2 Å². The number of rotatable bonds is 7. The number of benzene rings is 2. The normalized spacial score (nSPS) is 11.0. The maximum Gasteiger partial charge on any atom is 0.416 e. The van der Waals surface area contributed by atoms with Crippen LogP contribution in [0, 0.1) is 0 Å². The quantitative estimate of drug-likeness (QED) is 0.269. The minimum absolute atomic E-state index is 0.0310. The molecule has 0 saturated carbocycles. The van der Waals surface area contributed by atoms with Crippen molar-refractivity contribution in [1.29, 1.82) is 0 Å². The number of halogens is 3. The molecule has 0 radical (unpaired) electrons. The Kier molecular flexibility index (Phi) is 7.75. The van der Waals surface area contributed by atoms with E-state index < -0.39 is 23.7 Å². The van der Waals surface area contributed by atoms with Crippen LogP contribution in [-0.4, -0.2) is 43.1 Å². The number of nitrogens with one attached hydrogen (secondary N) is 3. The van der Waals surface area contributed by atoms with Crippen LogP contribution in [0.3, 0.4) is 0 Å². The van der Waals surface area contributed by atoms with Gasteiger partial charge in [0.1, 0.15) is 17.2 Å². The maximum atomic E-state index is 13.2. The molecule has 0 bridgehead atoms. The first-order valence-corrected chi connectivity index (χ1v) is 11.6. The molecular formula is C27H24F3N5O4. The van der Waals surface area contributed by atoms with E-state index in [1.807, 2.05) is 0 Å². The van der Waals surface area contributed by atoms with Gasteiger partial charge in [-0.25, -0.2) is 9.78 Å². The van der Waals surface area contributed by atoms with Gasteiger partial charge in [0.25, 0.3) is 5.91 Å². The third-order valence-electron chi connectivity index (χ3n) is 5.49. The second-order valence-electron chi connectivity index (χ2n) is 8.48. The molecular weight excluding hydrogens is 515 g/mol. The lowest BCUT2D eigenvalue weighted by Crippen LogP contribution is -2.22. The molecule has 4 rings (SSSR count). The smallest absolute Gasteiger partial charge is 0.416 e. The summed E-state index contributed by atoms with van der Waals surface area (Å²) >= 11 is 0. The fourth-order valence-corrected chi connectivity index (χ4v) is 3.62. The van der Waals surface area contributed by atoms with Crippen LogP contribution in [0.5, 0.6) is 17.4 Å². The molecule has 0 unspecified atom stereocenters. The summed E-state index contributed by atoms with van der Waals surface area (Å²) in [5, 5.41) is 4.90. The average molecular weight is 540 g/mol. The number of H-pyrrole nitrogens is 1. The summed E-state index contributed by atoms with van der Waals surface area (Å²) in [6.07, 6.45) is -2.18. The van der Waals surface area contributed by atoms with E-state index in [4.69, 9.17) is 9.47 Å². The average Bonchev–Trinajstić information content (AvgIpc) is 3.39. The van der Waals surface area contributed by atoms with E-state index in [0.29, 0.717) is 28.3 Å². The monoisotopic (exact) mass is 539 g/mol. The van der Waals surface area contributed by atoms with Crippen LogP contribution in [0.4, 0.5) is 29.3 Å².